The van der Waals surface area contributed by atoms with Gasteiger partial charge in [0, 0.05) is 0 Å². The molecule has 0 heteroatoms. The predicted octanol–water partition coefficient (Wildman–Crippen LogP) is 10.1. The largest absolute Gasteiger partial charge is 0.100 e. The molecule has 30 heavy (non-hydrogen) atoms. The van der Waals surface area contributed by atoms with E-state index in [4.69, 9.17) is 0 Å². The van der Waals surface area contributed by atoms with Crippen LogP contribution in [-0.4, -0.2) is 0 Å². The van der Waals surface area contributed by atoms with Crippen molar-refractivity contribution in [1.82, 2.24) is 0 Å². The van der Waals surface area contributed by atoms with E-state index in [0.717, 1.165) is 29.1 Å². The topological polar surface area (TPSA) is 0 Å². The fraction of sp³-hybridized carbons (Fsp3) is 0.800. The van der Waals surface area contributed by atoms with Crippen LogP contribution in [0.4, 0.5) is 0 Å². The molecule has 0 aromatic rings. The molecule has 5 atom stereocenters. The van der Waals surface area contributed by atoms with Gasteiger partial charge in [-0.15, -0.1) is 6.58 Å². The van der Waals surface area contributed by atoms with Gasteiger partial charge < -0.3 is 0 Å². The average Bonchev–Trinajstić information content (AvgIpc) is 3.32. The fourth-order valence-electron chi connectivity index (χ4n) is 5.96. The molecule has 0 nitrogen and oxygen atoms in total. The van der Waals surface area contributed by atoms with E-state index >= 15 is 0 Å². The Morgan fingerprint density at radius 1 is 0.933 bits per heavy atom. The quantitative estimate of drug-likeness (QED) is 0.175. The molecule has 2 aliphatic rings. The van der Waals surface area contributed by atoms with Crippen LogP contribution in [0.1, 0.15) is 125 Å². The molecule has 0 amide bonds. The zero-order chi connectivity index (χ0) is 22.1. The summed E-state index contributed by atoms with van der Waals surface area (Å²) in [6, 6.07) is 0. The van der Waals surface area contributed by atoms with Crippen LogP contribution < -0.4 is 0 Å². The van der Waals surface area contributed by atoms with Crippen molar-refractivity contribution in [3.8, 4) is 0 Å². The Hall–Kier alpha value is -0.780. The van der Waals surface area contributed by atoms with Crippen LogP contribution >= 0.6 is 0 Å². The van der Waals surface area contributed by atoms with Gasteiger partial charge in [-0.05, 0) is 114 Å². The summed E-state index contributed by atoms with van der Waals surface area (Å²) in [5, 5.41) is 0. The van der Waals surface area contributed by atoms with Crippen molar-refractivity contribution in [2.24, 2.45) is 29.1 Å². The lowest BCUT2D eigenvalue weighted by Crippen LogP contribution is -2.34. The second-order valence-corrected chi connectivity index (χ2v) is 11.5. The predicted molar refractivity (Wildman–Crippen MR) is 136 cm³/mol. The van der Waals surface area contributed by atoms with E-state index in [1.54, 1.807) is 11.1 Å². The number of hydrogen-bond donors (Lipinski definition) is 0. The molecule has 2 rings (SSSR count). The SMILES string of the molecule is C=C(C)CCCC=C(C)CCCCC(C)CCCC=C(C)CCC1C(C)C2(C)CC12. The van der Waals surface area contributed by atoms with Crippen LogP contribution in [0.25, 0.3) is 0 Å². The molecule has 0 spiro atoms. The van der Waals surface area contributed by atoms with E-state index < -0.39 is 0 Å². The first-order valence-corrected chi connectivity index (χ1v) is 13.2. The van der Waals surface area contributed by atoms with Gasteiger partial charge >= 0.3 is 0 Å². The van der Waals surface area contributed by atoms with Crippen molar-refractivity contribution in [3.05, 3.63) is 35.5 Å². The van der Waals surface area contributed by atoms with Crippen molar-refractivity contribution in [3.63, 3.8) is 0 Å². The maximum atomic E-state index is 3.99. The van der Waals surface area contributed by atoms with Gasteiger partial charge in [0.15, 0.2) is 0 Å². The lowest BCUT2D eigenvalue weighted by molar-refractivity contribution is 0.0825. The number of allylic oxidation sites excluding steroid dienone is 5. The Morgan fingerprint density at radius 2 is 1.57 bits per heavy atom. The molecule has 0 heterocycles. The molecule has 0 bridgehead atoms. The van der Waals surface area contributed by atoms with Gasteiger partial charge in [0.25, 0.3) is 0 Å². The molecule has 2 fully saturated rings. The Morgan fingerprint density at radius 3 is 2.20 bits per heavy atom. The lowest BCUT2D eigenvalue weighted by Gasteiger charge is -2.40. The Labute approximate surface area is 189 Å². The molecular weight excluding hydrogens is 360 g/mol. The van der Waals surface area contributed by atoms with E-state index in [2.05, 4.69) is 60.3 Å². The van der Waals surface area contributed by atoms with Crippen molar-refractivity contribution >= 4 is 0 Å². The molecule has 2 saturated carbocycles. The molecule has 0 N–H and O–H groups in total. The Kier molecular flexibility index (Phi) is 10.5. The Bertz CT molecular complexity index is 591. The molecule has 5 unspecified atom stereocenters. The second kappa shape index (κ2) is 12.3. The highest BCUT2D eigenvalue weighted by Crippen LogP contribution is 2.74. The van der Waals surface area contributed by atoms with Crippen molar-refractivity contribution in [2.75, 3.05) is 0 Å². The maximum Gasteiger partial charge on any atom is -0.0263 e. The summed E-state index contributed by atoms with van der Waals surface area (Å²) in [7, 11) is 0. The number of hydrogen-bond acceptors (Lipinski definition) is 0. The highest BCUT2D eigenvalue weighted by Gasteiger charge is 2.67. The number of unbranched alkanes of at least 4 members (excludes halogenated alkanes) is 3. The van der Waals surface area contributed by atoms with E-state index in [1.165, 1.54) is 89.0 Å². The summed E-state index contributed by atoms with van der Waals surface area (Å²) in [4.78, 5) is 0. The molecule has 0 aromatic carbocycles. The van der Waals surface area contributed by atoms with Crippen molar-refractivity contribution < 1.29 is 0 Å². The maximum absolute atomic E-state index is 3.99. The summed E-state index contributed by atoms with van der Waals surface area (Å²) in [5.41, 5.74) is 5.31. The van der Waals surface area contributed by atoms with E-state index in [9.17, 15) is 0 Å². The van der Waals surface area contributed by atoms with E-state index in [-0.39, 0.29) is 0 Å². The van der Waals surface area contributed by atoms with Crippen LogP contribution in [0.15, 0.2) is 35.5 Å². The number of fused-ring (bicyclic) bond motifs is 1. The summed E-state index contributed by atoms with van der Waals surface area (Å²) in [5.74, 6) is 3.99. The van der Waals surface area contributed by atoms with Gasteiger partial charge in [0.1, 0.15) is 0 Å². The average molecular weight is 413 g/mol. The number of rotatable bonds is 16. The smallest absolute Gasteiger partial charge is 0.0263 e. The van der Waals surface area contributed by atoms with Gasteiger partial charge in [-0.25, -0.2) is 0 Å². The highest BCUT2D eigenvalue weighted by atomic mass is 14.7. The molecule has 2 aliphatic carbocycles. The molecule has 0 radical (unpaired) electrons. The van der Waals surface area contributed by atoms with Crippen LogP contribution in [0.5, 0.6) is 0 Å². The van der Waals surface area contributed by atoms with Crippen LogP contribution in [0.3, 0.4) is 0 Å². The minimum absolute atomic E-state index is 0.762. The molecule has 0 saturated heterocycles. The standard InChI is InChI=1S/C30H52/c1-23(2)14-8-9-15-24(3)16-10-11-17-25(4)18-12-13-19-26(5)20-21-28-27(6)30(7)22-29(28)30/h15,19,25,27-29H,1,8-14,16-18,20-22H2,2-7H3. The second-order valence-electron chi connectivity index (χ2n) is 11.5. The first kappa shape index (κ1) is 25.5. The van der Waals surface area contributed by atoms with Crippen molar-refractivity contribution in [2.45, 2.75) is 125 Å². The van der Waals surface area contributed by atoms with Crippen LogP contribution in [0.2, 0.25) is 0 Å². The lowest BCUT2D eigenvalue weighted by atomic mass is 9.64. The summed E-state index contributed by atoms with van der Waals surface area (Å²) >= 11 is 0. The molecule has 0 aliphatic heterocycles. The first-order valence-electron chi connectivity index (χ1n) is 13.2. The molecule has 0 aromatic heterocycles. The fourth-order valence-corrected chi connectivity index (χ4v) is 5.96. The first-order chi connectivity index (χ1) is 14.2. The zero-order valence-corrected chi connectivity index (χ0v) is 21.4. The minimum Gasteiger partial charge on any atom is -0.100 e. The third kappa shape index (κ3) is 8.05. The summed E-state index contributed by atoms with van der Waals surface area (Å²) in [6.45, 7) is 18.3. The van der Waals surface area contributed by atoms with E-state index in [0.29, 0.717) is 0 Å². The zero-order valence-electron chi connectivity index (χ0n) is 21.4. The third-order valence-electron chi connectivity index (χ3n) is 8.63. The van der Waals surface area contributed by atoms with Crippen LogP contribution in [-0.2, 0) is 0 Å². The third-order valence-corrected chi connectivity index (χ3v) is 8.63. The van der Waals surface area contributed by atoms with Crippen molar-refractivity contribution in [1.29, 1.82) is 0 Å². The van der Waals surface area contributed by atoms with Gasteiger partial charge in [0.05, 0.1) is 0 Å². The minimum atomic E-state index is 0.762. The molecular formula is C30H52. The van der Waals surface area contributed by atoms with Gasteiger partial charge in [-0.1, -0.05) is 68.9 Å². The molecule has 172 valence electrons. The summed E-state index contributed by atoms with van der Waals surface area (Å²) in [6.07, 6.45) is 22.5. The van der Waals surface area contributed by atoms with Gasteiger partial charge in [-0.3, -0.25) is 0 Å². The van der Waals surface area contributed by atoms with E-state index in [1.807, 2.05) is 0 Å². The summed E-state index contributed by atoms with van der Waals surface area (Å²) < 4.78 is 0. The van der Waals surface area contributed by atoms with Gasteiger partial charge in [-0.2, -0.15) is 0 Å². The monoisotopic (exact) mass is 412 g/mol. The normalized spacial score (nSPS) is 29.3. The van der Waals surface area contributed by atoms with Gasteiger partial charge in [0.2, 0.25) is 0 Å². The Balaban J connectivity index is 1.44. The highest BCUT2D eigenvalue weighted by molar-refractivity contribution is 5.17. The van der Waals surface area contributed by atoms with Crippen LogP contribution in [0, 0.1) is 29.1 Å².